The molecule has 0 aromatic heterocycles. The maximum Gasteiger partial charge on any atom is 0.137 e. The largest absolute Gasteiger partial charge is 0.456 e. The quantitative estimate of drug-likeness (QED) is 0.144. The van der Waals surface area contributed by atoms with Gasteiger partial charge in [-0.05, 0) is 111 Å². The maximum atomic E-state index is 7.00. The van der Waals surface area contributed by atoms with Crippen LogP contribution < -0.4 is 14.5 Å². The molecule has 0 bridgehead atoms. The molecule has 0 aliphatic carbocycles. The fourth-order valence-corrected chi connectivity index (χ4v) is 9.57. The summed E-state index contributed by atoms with van der Waals surface area (Å²) in [5.74, 6) is 1.66. The van der Waals surface area contributed by atoms with E-state index in [-0.39, 0.29) is 0 Å². The number of fused-ring (bicyclic) bond motifs is 3. The number of rotatable bonds is 9. The average Bonchev–Trinajstić information content (AvgIpc) is 3.38. The first-order chi connectivity index (χ1) is 32.2. The van der Waals surface area contributed by atoms with Gasteiger partial charge in [-0.2, -0.15) is 0 Å². The van der Waals surface area contributed by atoms with Gasteiger partial charge in [-0.15, -0.1) is 0 Å². The van der Waals surface area contributed by atoms with Crippen LogP contribution in [0, 0.1) is 0 Å². The minimum absolute atomic E-state index is 0.824. The van der Waals surface area contributed by atoms with Crippen molar-refractivity contribution in [2.24, 2.45) is 0 Å². The molecule has 12 rings (SSSR count). The van der Waals surface area contributed by atoms with Crippen molar-refractivity contribution in [3.63, 3.8) is 0 Å². The Balaban J connectivity index is 1.04. The van der Waals surface area contributed by atoms with Crippen molar-refractivity contribution in [2.75, 3.05) is 9.80 Å². The van der Waals surface area contributed by atoms with Gasteiger partial charge in [-0.1, -0.05) is 188 Å². The van der Waals surface area contributed by atoms with E-state index in [2.05, 4.69) is 265 Å². The zero-order valence-corrected chi connectivity index (χ0v) is 35.6. The van der Waals surface area contributed by atoms with Crippen LogP contribution in [0.3, 0.4) is 0 Å². The molecule has 1 aliphatic rings. The molecule has 0 unspecified atom stereocenters. The van der Waals surface area contributed by atoms with Crippen LogP contribution in [-0.2, 0) is 0 Å². The fourth-order valence-electron chi connectivity index (χ4n) is 9.57. The third kappa shape index (κ3) is 6.87. The number of hydrogen-bond acceptors (Lipinski definition) is 3. The zero-order chi connectivity index (χ0) is 43.1. The minimum atomic E-state index is 0.824. The summed E-state index contributed by atoms with van der Waals surface area (Å²) in [5.41, 5.74) is 15.7. The second-order valence-electron chi connectivity index (χ2n) is 16.5. The Morgan fingerprint density at radius 1 is 0.262 bits per heavy atom. The molecule has 0 N–H and O–H groups in total. The summed E-state index contributed by atoms with van der Waals surface area (Å²) in [6.07, 6.45) is 0. The standard InChI is InChI=1S/C62H42N2O/c1-4-15-43(16-5-1)46-29-35-50(36-30-46)63(51-37-31-47(32-38-51)44-17-6-2-7-18-44)58-27-14-28-59-62(58)55-25-13-24-54-57(41-42-60(65-59)61(54)55)64(56-26-12-22-49-21-10-11-23-53(49)56)52-39-33-48(34-40-52)45-19-8-3-9-20-45/h1-42H. The summed E-state index contributed by atoms with van der Waals surface area (Å²) in [4.78, 5) is 4.78. The number of nitrogens with zero attached hydrogens (tertiary/aromatic N) is 2. The summed E-state index contributed by atoms with van der Waals surface area (Å²) >= 11 is 0. The van der Waals surface area contributed by atoms with Gasteiger partial charge in [0, 0.05) is 38.8 Å². The monoisotopic (exact) mass is 830 g/mol. The highest BCUT2D eigenvalue weighted by molar-refractivity contribution is 6.14. The van der Waals surface area contributed by atoms with E-state index in [1.165, 1.54) is 44.2 Å². The van der Waals surface area contributed by atoms with Crippen LogP contribution in [0.25, 0.3) is 66.1 Å². The Labute approximate surface area is 379 Å². The second-order valence-corrected chi connectivity index (χ2v) is 16.5. The Morgan fingerprint density at radius 2 is 0.692 bits per heavy atom. The summed E-state index contributed by atoms with van der Waals surface area (Å²) in [6.45, 7) is 0. The van der Waals surface area contributed by atoms with E-state index in [0.29, 0.717) is 0 Å². The molecule has 0 atom stereocenters. The van der Waals surface area contributed by atoms with Gasteiger partial charge in [-0.25, -0.2) is 0 Å². The second kappa shape index (κ2) is 16.2. The molecule has 1 heterocycles. The molecule has 1 aliphatic heterocycles. The maximum absolute atomic E-state index is 7.00. The SMILES string of the molecule is c1ccc(-c2ccc(N(c3ccc(-c4ccccc4)cc3)c3cccc4c3-c3cccc5c(N(c6ccc(-c7ccccc7)cc6)c6cccc7ccccc67)ccc(c35)O4)cc2)cc1. The zero-order valence-electron chi connectivity index (χ0n) is 35.6. The molecule has 0 saturated heterocycles. The molecule has 0 fully saturated rings. The lowest BCUT2D eigenvalue weighted by atomic mass is 9.91. The molecular weight excluding hydrogens is 789 g/mol. The van der Waals surface area contributed by atoms with Gasteiger partial charge in [0.05, 0.1) is 17.1 Å². The lowest BCUT2D eigenvalue weighted by Gasteiger charge is -2.32. The molecule has 11 aromatic carbocycles. The van der Waals surface area contributed by atoms with E-state index < -0.39 is 0 Å². The Morgan fingerprint density at radius 3 is 1.28 bits per heavy atom. The number of ether oxygens (including phenoxy) is 1. The summed E-state index contributed by atoms with van der Waals surface area (Å²) in [5, 5.41) is 4.55. The molecular formula is C62H42N2O. The van der Waals surface area contributed by atoms with Crippen molar-refractivity contribution in [1.29, 1.82) is 0 Å². The van der Waals surface area contributed by atoms with Crippen molar-refractivity contribution in [3.8, 4) is 56.0 Å². The first kappa shape index (κ1) is 38.0. The Kier molecular flexibility index (Phi) is 9.50. The Hall–Kier alpha value is -8.66. The Bertz CT molecular complexity index is 3390. The summed E-state index contributed by atoms with van der Waals surface area (Å²) in [6, 6.07) is 91.2. The molecule has 11 aromatic rings. The minimum Gasteiger partial charge on any atom is -0.456 e. The van der Waals surface area contributed by atoms with E-state index in [1.807, 2.05) is 0 Å². The lowest BCUT2D eigenvalue weighted by molar-refractivity contribution is 0.487. The number of anilines is 6. The molecule has 0 radical (unpaired) electrons. The van der Waals surface area contributed by atoms with Crippen LogP contribution in [0.15, 0.2) is 255 Å². The highest BCUT2D eigenvalue weighted by Gasteiger charge is 2.29. The van der Waals surface area contributed by atoms with Gasteiger partial charge in [0.2, 0.25) is 0 Å². The van der Waals surface area contributed by atoms with Crippen molar-refractivity contribution in [2.45, 2.75) is 0 Å². The van der Waals surface area contributed by atoms with Gasteiger partial charge in [-0.3, -0.25) is 0 Å². The summed E-state index contributed by atoms with van der Waals surface area (Å²) in [7, 11) is 0. The first-order valence-electron chi connectivity index (χ1n) is 22.2. The average molecular weight is 831 g/mol. The molecule has 65 heavy (non-hydrogen) atoms. The predicted octanol–water partition coefficient (Wildman–Crippen LogP) is 17.7. The predicted molar refractivity (Wildman–Crippen MR) is 273 cm³/mol. The molecule has 3 heteroatoms. The van der Waals surface area contributed by atoms with E-state index in [1.54, 1.807) is 0 Å². The topological polar surface area (TPSA) is 15.7 Å². The molecule has 0 saturated carbocycles. The lowest BCUT2D eigenvalue weighted by Crippen LogP contribution is -2.13. The molecule has 3 nitrogen and oxygen atoms in total. The third-order valence-electron chi connectivity index (χ3n) is 12.7. The van der Waals surface area contributed by atoms with Crippen molar-refractivity contribution < 1.29 is 4.74 Å². The van der Waals surface area contributed by atoms with Gasteiger partial charge in [0.25, 0.3) is 0 Å². The van der Waals surface area contributed by atoms with Crippen molar-refractivity contribution in [3.05, 3.63) is 255 Å². The van der Waals surface area contributed by atoms with Gasteiger partial charge < -0.3 is 14.5 Å². The van der Waals surface area contributed by atoms with E-state index in [9.17, 15) is 0 Å². The van der Waals surface area contributed by atoms with Gasteiger partial charge in [0.15, 0.2) is 0 Å². The van der Waals surface area contributed by atoms with E-state index >= 15 is 0 Å². The van der Waals surface area contributed by atoms with Crippen molar-refractivity contribution in [1.82, 2.24) is 0 Å². The number of hydrogen-bond donors (Lipinski definition) is 0. The number of benzene rings is 11. The van der Waals surface area contributed by atoms with Crippen molar-refractivity contribution >= 4 is 55.7 Å². The van der Waals surface area contributed by atoms with Crippen LogP contribution in [0.2, 0.25) is 0 Å². The van der Waals surface area contributed by atoms with Crippen LogP contribution >= 0.6 is 0 Å². The van der Waals surface area contributed by atoms with Gasteiger partial charge >= 0.3 is 0 Å². The molecule has 0 spiro atoms. The molecule has 306 valence electrons. The first-order valence-corrected chi connectivity index (χ1v) is 22.2. The smallest absolute Gasteiger partial charge is 0.137 e. The van der Waals surface area contributed by atoms with Crippen LogP contribution in [0.5, 0.6) is 11.5 Å². The van der Waals surface area contributed by atoms with Gasteiger partial charge in [0.1, 0.15) is 11.5 Å². The van der Waals surface area contributed by atoms with E-state index in [0.717, 1.165) is 67.5 Å². The van der Waals surface area contributed by atoms with Crippen LogP contribution in [0.1, 0.15) is 0 Å². The highest BCUT2D eigenvalue weighted by Crippen LogP contribution is 2.55. The van der Waals surface area contributed by atoms with E-state index in [4.69, 9.17) is 4.74 Å². The highest BCUT2D eigenvalue weighted by atomic mass is 16.5. The van der Waals surface area contributed by atoms with Crippen LogP contribution in [-0.4, -0.2) is 0 Å². The van der Waals surface area contributed by atoms with Crippen LogP contribution in [0.4, 0.5) is 34.1 Å². The molecule has 0 amide bonds. The fraction of sp³-hybridized carbons (Fsp3) is 0. The third-order valence-corrected chi connectivity index (χ3v) is 12.7. The normalized spacial score (nSPS) is 11.5. The summed E-state index contributed by atoms with van der Waals surface area (Å²) < 4.78 is 7.00.